The Morgan fingerprint density at radius 1 is 1.21 bits per heavy atom. The van der Waals surface area contributed by atoms with E-state index in [0.717, 1.165) is 47.9 Å². The van der Waals surface area contributed by atoms with E-state index in [2.05, 4.69) is 16.3 Å². The van der Waals surface area contributed by atoms with Crippen LogP contribution in [0.25, 0.3) is 0 Å². The summed E-state index contributed by atoms with van der Waals surface area (Å²) in [5, 5.41) is 12.9. The Kier molecular flexibility index (Phi) is 6.12. The predicted molar refractivity (Wildman–Crippen MR) is 111 cm³/mol. The van der Waals surface area contributed by atoms with Gasteiger partial charge in [0.2, 0.25) is 0 Å². The van der Waals surface area contributed by atoms with Crippen molar-refractivity contribution in [1.29, 1.82) is 5.26 Å². The van der Waals surface area contributed by atoms with Crippen LogP contribution in [0.4, 0.5) is 10.7 Å². The molecule has 1 aliphatic rings. The van der Waals surface area contributed by atoms with E-state index in [1.807, 2.05) is 38.1 Å². The largest absolute Gasteiger partial charge is 0.360 e. The first kappa shape index (κ1) is 20.1. The fourth-order valence-electron chi connectivity index (χ4n) is 3.41. The Balaban J connectivity index is 1.53. The van der Waals surface area contributed by atoms with E-state index in [0.29, 0.717) is 17.1 Å². The van der Waals surface area contributed by atoms with Crippen molar-refractivity contribution < 1.29 is 14.5 Å². The van der Waals surface area contributed by atoms with Crippen molar-refractivity contribution in [1.82, 2.24) is 0 Å². The standard InChI is InChI=1S/C21H24N4O2S/c1-14-16(3)28-21(19(14)12-22)23-20(27)13-24-8-10-25(11-9-24)18-6-4-17(5-7-18)15(2)26/h4-7H,8-11,13H2,1-3H3,(H,23,27)/p+1. The summed E-state index contributed by atoms with van der Waals surface area (Å²) in [6.45, 7) is 9.31. The van der Waals surface area contributed by atoms with Gasteiger partial charge >= 0.3 is 0 Å². The molecule has 2 heterocycles. The Bertz CT molecular complexity index is 919. The first-order chi connectivity index (χ1) is 13.4. The van der Waals surface area contributed by atoms with Gasteiger partial charge in [-0.2, -0.15) is 5.26 Å². The summed E-state index contributed by atoms with van der Waals surface area (Å²) < 4.78 is 0. The highest BCUT2D eigenvalue weighted by atomic mass is 32.1. The maximum atomic E-state index is 12.4. The summed E-state index contributed by atoms with van der Waals surface area (Å²) in [6, 6.07) is 9.89. The maximum Gasteiger partial charge on any atom is 0.280 e. The number of benzene rings is 1. The minimum Gasteiger partial charge on any atom is -0.360 e. The second-order valence-corrected chi connectivity index (χ2v) is 8.39. The van der Waals surface area contributed by atoms with Crippen molar-refractivity contribution in [2.45, 2.75) is 20.8 Å². The molecule has 7 heteroatoms. The molecule has 0 radical (unpaired) electrons. The van der Waals surface area contributed by atoms with E-state index in [1.54, 1.807) is 6.92 Å². The van der Waals surface area contributed by atoms with Crippen molar-refractivity contribution in [3.8, 4) is 6.07 Å². The molecule has 0 unspecified atom stereocenters. The Hall–Kier alpha value is -2.69. The van der Waals surface area contributed by atoms with Gasteiger partial charge in [0, 0.05) is 16.1 Å². The normalized spacial score (nSPS) is 14.6. The van der Waals surface area contributed by atoms with Crippen LogP contribution >= 0.6 is 11.3 Å². The molecule has 0 bridgehead atoms. The maximum absolute atomic E-state index is 12.4. The van der Waals surface area contributed by atoms with Gasteiger partial charge in [0.15, 0.2) is 12.3 Å². The third-order valence-electron chi connectivity index (χ3n) is 5.27. The van der Waals surface area contributed by atoms with E-state index >= 15 is 0 Å². The topological polar surface area (TPSA) is 77.6 Å². The molecule has 146 valence electrons. The monoisotopic (exact) mass is 397 g/mol. The Morgan fingerprint density at radius 2 is 1.86 bits per heavy atom. The highest BCUT2D eigenvalue weighted by molar-refractivity contribution is 7.16. The number of quaternary nitrogens is 1. The number of nitrogens with one attached hydrogen (secondary N) is 2. The summed E-state index contributed by atoms with van der Waals surface area (Å²) in [7, 11) is 0. The van der Waals surface area contributed by atoms with Crippen molar-refractivity contribution in [3.63, 3.8) is 0 Å². The minimum atomic E-state index is -0.0491. The molecule has 0 spiro atoms. The smallest absolute Gasteiger partial charge is 0.280 e. The van der Waals surface area contributed by atoms with Crippen molar-refractivity contribution in [2.75, 3.05) is 42.9 Å². The molecule has 2 aromatic rings. The highest BCUT2D eigenvalue weighted by Crippen LogP contribution is 2.31. The van der Waals surface area contributed by atoms with Gasteiger partial charge in [-0.3, -0.25) is 9.59 Å². The molecule has 2 N–H and O–H groups in total. The third-order valence-corrected chi connectivity index (χ3v) is 6.39. The highest BCUT2D eigenvalue weighted by Gasteiger charge is 2.23. The fraction of sp³-hybridized carbons (Fsp3) is 0.381. The van der Waals surface area contributed by atoms with Crippen LogP contribution in [0.1, 0.15) is 33.3 Å². The summed E-state index contributed by atoms with van der Waals surface area (Å²) in [6.07, 6.45) is 0. The average Bonchev–Trinajstić information content (AvgIpc) is 2.95. The molecule has 0 aliphatic carbocycles. The fourth-order valence-corrected chi connectivity index (χ4v) is 4.44. The molecule has 1 saturated heterocycles. The summed E-state index contributed by atoms with van der Waals surface area (Å²) >= 11 is 1.46. The number of piperazine rings is 1. The van der Waals surface area contributed by atoms with Gasteiger partial charge in [-0.15, -0.1) is 11.3 Å². The number of rotatable bonds is 5. The first-order valence-electron chi connectivity index (χ1n) is 9.38. The molecule has 28 heavy (non-hydrogen) atoms. The molecule has 1 aromatic heterocycles. The first-order valence-corrected chi connectivity index (χ1v) is 10.2. The van der Waals surface area contributed by atoms with Crippen molar-refractivity contribution in [2.24, 2.45) is 0 Å². The number of carbonyl (C=O) groups is 2. The van der Waals surface area contributed by atoms with Crippen LogP contribution in [0.3, 0.4) is 0 Å². The Morgan fingerprint density at radius 3 is 2.43 bits per heavy atom. The van der Waals surface area contributed by atoms with Crippen LogP contribution in [0.5, 0.6) is 0 Å². The SMILES string of the molecule is CC(=O)c1ccc(N2CC[NH+](CC(=O)Nc3sc(C)c(C)c3C#N)CC2)cc1. The summed E-state index contributed by atoms with van der Waals surface area (Å²) in [4.78, 5) is 28.4. The zero-order valence-corrected chi connectivity index (χ0v) is 17.3. The Labute approximate surface area is 169 Å². The van der Waals surface area contributed by atoms with E-state index in [1.165, 1.54) is 16.2 Å². The molecule has 1 fully saturated rings. The van der Waals surface area contributed by atoms with Crippen LogP contribution in [0.15, 0.2) is 24.3 Å². The molecule has 1 aromatic carbocycles. The lowest BCUT2D eigenvalue weighted by molar-refractivity contribution is -0.892. The molecular formula is C21H25N4O2S+. The second kappa shape index (κ2) is 8.55. The third kappa shape index (κ3) is 4.41. The number of aryl methyl sites for hydroxylation is 1. The molecule has 1 aliphatic heterocycles. The number of nitrogens with zero attached hydrogens (tertiary/aromatic N) is 2. The van der Waals surface area contributed by atoms with E-state index in [4.69, 9.17) is 0 Å². The van der Waals surface area contributed by atoms with Crippen LogP contribution in [-0.2, 0) is 4.79 Å². The average molecular weight is 398 g/mol. The number of Topliss-reactive ketones (excluding diaryl/α,β-unsaturated/α-hetero) is 1. The predicted octanol–water partition coefficient (Wildman–Crippen LogP) is 1.78. The lowest BCUT2D eigenvalue weighted by Crippen LogP contribution is -3.15. The number of anilines is 2. The molecule has 1 amide bonds. The van der Waals surface area contributed by atoms with Gasteiger partial charge in [-0.1, -0.05) is 0 Å². The molecule has 0 atom stereocenters. The number of hydrogen-bond acceptors (Lipinski definition) is 5. The summed E-state index contributed by atoms with van der Waals surface area (Å²) in [5.41, 5.74) is 3.35. The zero-order chi connectivity index (χ0) is 20.3. The van der Waals surface area contributed by atoms with Gasteiger partial charge in [-0.05, 0) is 50.6 Å². The van der Waals surface area contributed by atoms with E-state index in [-0.39, 0.29) is 11.7 Å². The van der Waals surface area contributed by atoms with Crippen LogP contribution in [0, 0.1) is 25.2 Å². The van der Waals surface area contributed by atoms with Crippen LogP contribution < -0.4 is 15.1 Å². The molecule has 0 saturated carbocycles. The van der Waals surface area contributed by atoms with Gasteiger partial charge in [0.05, 0.1) is 31.7 Å². The zero-order valence-electron chi connectivity index (χ0n) is 16.5. The number of ketones is 1. The lowest BCUT2D eigenvalue weighted by Gasteiger charge is -2.33. The van der Waals surface area contributed by atoms with Gasteiger partial charge < -0.3 is 15.1 Å². The lowest BCUT2D eigenvalue weighted by atomic mass is 10.1. The number of thiophene rings is 1. The van der Waals surface area contributed by atoms with Crippen molar-refractivity contribution in [3.05, 3.63) is 45.8 Å². The van der Waals surface area contributed by atoms with Crippen LogP contribution in [0.2, 0.25) is 0 Å². The van der Waals surface area contributed by atoms with Gasteiger partial charge in [0.25, 0.3) is 5.91 Å². The van der Waals surface area contributed by atoms with E-state index in [9.17, 15) is 14.9 Å². The number of hydrogen-bond donors (Lipinski definition) is 2. The summed E-state index contributed by atoms with van der Waals surface area (Å²) in [5.74, 6) is 0.0227. The quantitative estimate of drug-likeness (QED) is 0.754. The van der Waals surface area contributed by atoms with Gasteiger partial charge in [-0.25, -0.2) is 0 Å². The number of amides is 1. The molecule has 6 nitrogen and oxygen atoms in total. The molecular weight excluding hydrogens is 372 g/mol. The van der Waals surface area contributed by atoms with Crippen LogP contribution in [-0.4, -0.2) is 44.4 Å². The van der Waals surface area contributed by atoms with Crippen molar-refractivity contribution >= 4 is 33.7 Å². The number of nitriles is 1. The second-order valence-electron chi connectivity index (χ2n) is 7.16. The molecule has 3 rings (SSSR count). The van der Waals surface area contributed by atoms with E-state index < -0.39 is 0 Å². The number of carbonyl (C=O) groups excluding carboxylic acids is 2. The van der Waals surface area contributed by atoms with Gasteiger partial charge in [0.1, 0.15) is 11.1 Å². The minimum absolute atomic E-state index is 0.0491.